The third-order valence-electron chi connectivity index (χ3n) is 3.71. The molecule has 0 aromatic heterocycles. The first-order chi connectivity index (χ1) is 7.74. The van der Waals surface area contributed by atoms with Gasteiger partial charge in [-0.05, 0) is 38.4 Å². The quantitative estimate of drug-likeness (QED) is 0.687. The van der Waals surface area contributed by atoms with E-state index in [0.29, 0.717) is 0 Å². The zero-order chi connectivity index (χ0) is 11.2. The predicted molar refractivity (Wildman–Crippen MR) is 66.5 cm³/mol. The Hall–Kier alpha value is -0.800. The molecule has 3 heteroatoms. The van der Waals surface area contributed by atoms with Crippen molar-refractivity contribution in [2.75, 3.05) is 13.6 Å². The van der Waals surface area contributed by atoms with Gasteiger partial charge in [-0.3, -0.25) is 9.69 Å². The van der Waals surface area contributed by atoms with Crippen molar-refractivity contribution in [3.63, 3.8) is 0 Å². The summed E-state index contributed by atoms with van der Waals surface area (Å²) < 4.78 is 0. The number of likely N-dealkylation sites (tertiary alicyclic amines) is 1. The second kappa shape index (κ2) is 3.60. The highest BCUT2D eigenvalue weighted by atomic mass is 32.2. The molecule has 0 saturated carbocycles. The molecular formula is C13H15NOS. The summed E-state index contributed by atoms with van der Waals surface area (Å²) in [6, 6.07) is 8.08. The van der Waals surface area contributed by atoms with Crippen molar-refractivity contribution >= 4 is 16.9 Å². The number of piperidine rings is 1. The number of rotatable bonds is 0. The van der Waals surface area contributed by atoms with Gasteiger partial charge < -0.3 is 0 Å². The Balaban J connectivity index is 2.14. The molecule has 0 N–H and O–H groups in total. The zero-order valence-corrected chi connectivity index (χ0v) is 10.2. The second-order valence-corrected chi connectivity index (χ2v) is 5.85. The van der Waals surface area contributed by atoms with Gasteiger partial charge in [0.15, 0.2) is 0 Å². The van der Waals surface area contributed by atoms with Gasteiger partial charge in [-0.15, -0.1) is 0 Å². The fourth-order valence-corrected chi connectivity index (χ4v) is 4.20. The van der Waals surface area contributed by atoms with E-state index in [4.69, 9.17) is 0 Å². The van der Waals surface area contributed by atoms with Crippen LogP contribution in [-0.2, 0) is 4.87 Å². The van der Waals surface area contributed by atoms with Gasteiger partial charge in [-0.25, -0.2) is 0 Å². The molecule has 1 saturated heterocycles. The maximum atomic E-state index is 12.0. The summed E-state index contributed by atoms with van der Waals surface area (Å²) in [6.07, 6.45) is 3.56. The average Bonchev–Trinajstić information content (AvgIpc) is 2.59. The van der Waals surface area contributed by atoms with E-state index in [9.17, 15) is 4.79 Å². The molecule has 1 spiro atoms. The molecular weight excluding hydrogens is 218 g/mol. The van der Waals surface area contributed by atoms with Crippen LogP contribution in [0.25, 0.3) is 0 Å². The molecule has 1 atom stereocenters. The fourth-order valence-electron chi connectivity index (χ4n) is 2.82. The van der Waals surface area contributed by atoms with Gasteiger partial charge in [-0.1, -0.05) is 36.0 Å². The molecule has 1 unspecified atom stereocenters. The Morgan fingerprint density at radius 1 is 1.31 bits per heavy atom. The summed E-state index contributed by atoms with van der Waals surface area (Å²) in [5.41, 5.74) is 2.15. The minimum atomic E-state index is -0.0636. The number of carbonyl (C=O) groups excluding carboxylic acids is 1. The van der Waals surface area contributed by atoms with Crippen LogP contribution in [0.5, 0.6) is 0 Å². The highest BCUT2D eigenvalue weighted by Crippen LogP contribution is 2.53. The third kappa shape index (κ3) is 1.28. The summed E-state index contributed by atoms with van der Waals surface area (Å²) in [5.74, 6) is 0. The minimum absolute atomic E-state index is 0.0636. The Morgan fingerprint density at radius 3 is 2.94 bits per heavy atom. The fraction of sp³-hybridized carbons (Fsp3) is 0.462. The Morgan fingerprint density at radius 2 is 2.12 bits per heavy atom. The van der Waals surface area contributed by atoms with E-state index in [-0.39, 0.29) is 9.99 Å². The molecule has 0 bridgehead atoms. The molecule has 2 nitrogen and oxygen atoms in total. The monoisotopic (exact) mass is 233 g/mol. The molecule has 2 heterocycles. The summed E-state index contributed by atoms with van der Waals surface area (Å²) >= 11 is 1.51. The zero-order valence-electron chi connectivity index (χ0n) is 9.40. The molecule has 0 radical (unpaired) electrons. The van der Waals surface area contributed by atoms with Crippen molar-refractivity contribution in [2.45, 2.75) is 24.1 Å². The lowest BCUT2D eigenvalue weighted by molar-refractivity contribution is 0.108. The minimum Gasteiger partial charge on any atom is -0.288 e. The standard InChI is InChI=1S/C13H15NOS/c1-14-9-5-4-8-13(14)11-7-3-2-6-10(11)12(15)16-13/h2-3,6-7H,4-5,8-9H2,1H3. The summed E-state index contributed by atoms with van der Waals surface area (Å²) in [7, 11) is 2.14. The molecule has 2 aliphatic rings. The average molecular weight is 233 g/mol. The molecule has 0 aliphatic carbocycles. The van der Waals surface area contributed by atoms with Gasteiger partial charge in [0.2, 0.25) is 5.12 Å². The number of hydrogen-bond donors (Lipinski definition) is 0. The highest BCUT2D eigenvalue weighted by Gasteiger charge is 2.47. The van der Waals surface area contributed by atoms with Gasteiger partial charge in [0, 0.05) is 5.56 Å². The second-order valence-electron chi connectivity index (χ2n) is 4.60. The normalized spacial score (nSPS) is 29.7. The van der Waals surface area contributed by atoms with Crippen LogP contribution in [-0.4, -0.2) is 23.6 Å². The van der Waals surface area contributed by atoms with Gasteiger partial charge in [0.05, 0.1) is 0 Å². The van der Waals surface area contributed by atoms with Crippen LogP contribution >= 0.6 is 11.8 Å². The van der Waals surface area contributed by atoms with E-state index in [0.717, 1.165) is 18.5 Å². The Bertz CT molecular complexity index is 445. The molecule has 1 aromatic carbocycles. The van der Waals surface area contributed by atoms with Gasteiger partial charge in [-0.2, -0.15) is 0 Å². The van der Waals surface area contributed by atoms with Crippen molar-refractivity contribution in [1.82, 2.24) is 4.90 Å². The topological polar surface area (TPSA) is 20.3 Å². The predicted octanol–water partition coefficient (Wildman–Crippen LogP) is 2.84. The Kier molecular flexibility index (Phi) is 2.33. The number of thioether (sulfide) groups is 1. The summed E-state index contributed by atoms with van der Waals surface area (Å²) in [4.78, 5) is 14.3. The smallest absolute Gasteiger partial charge is 0.221 e. The molecule has 0 amide bonds. The van der Waals surface area contributed by atoms with Gasteiger partial charge in [0.25, 0.3) is 0 Å². The summed E-state index contributed by atoms with van der Waals surface area (Å²) in [6.45, 7) is 1.09. The van der Waals surface area contributed by atoms with Crippen LogP contribution in [0.3, 0.4) is 0 Å². The largest absolute Gasteiger partial charge is 0.288 e. The van der Waals surface area contributed by atoms with Crippen LogP contribution in [0.4, 0.5) is 0 Å². The number of benzene rings is 1. The first kappa shape index (κ1) is 10.4. The first-order valence-electron chi connectivity index (χ1n) is 5.78. The van der Waals surface area contributed by atoms with E-state index >= 15 is 0 Å². The molecule has 1 fully saturated rings. The molecule has 2 aliphatic heterocycles. The van der Waals surface area contributed by atoms with Gasteiger partial charge in [0.1, 0.15) is 4.87 Å². The lowest BCUT2D eigenvalue weighted by Crippen LogP contribution is -2.43. The molecule has 84 valence electrons. The van der Waals surface area contributed by atoms with E-state index < -0.39 is 0 Å². The van der Waals surface area contributed by atoms with E-state index in [2.05, 4.69) is 18.0 Å². The van der Waals surface area contributed by atoms with Crippen LogP contribution < -0.4 is 0 Å². The first-order valence-corrected chi connectivity index (χ1v) is 6.60. The van der Waals surface area contributed by atoms with Crippen molar-refractivity contribution in [2.24, 2.45) is 0 Å². The lowest BCUT2D eigenvalue weighted by Gasteiger charge is -2.41. The van der Waals surface area contributed by atoms with Crippen molar-refractivity contribution < 1.29 is 4.79 Å². The molecule has 1 aromatic rings. The van der Waals surface area contributed by atoms with E-state index in [1.54, 1.807) is 0 Å². The third-order valence-corrected chi connectivity index (χ3v) is 5.18. The maximum Gasteiger partial charge on any atom is 0.221 e. The number of nitrogens with zero attached hydrogens (tertiary/aromatic N) is 1. The number of carbonyl (C=O) groups is 1. The number of fused-ring (bicyclic) bond motifs is 2. The van der Waals surface area contributed by atoms with E-state index in [1.165, 1.54) is 30.2 Å². The van der Waals surface area contributed by atoms with Crippen LogP contribution in [0.2, 0.25) is 0 Å². The molecule has 3 rings (SSSR count). The van der Waals surface area contributed by atoms with E-state index in [1.807, 2.05) is 18.2 Å². The maximum absolute atomic E-state index is 12.0. The van der Waals surface area contributed by atoms with Crippen LogP contribution in [0, 0.1) is 0 Å². The summed E-state index contributed by atoms with van der Waals surface area (Å²) in [5, 5.41) is 0.240. The SMILES string of the molecule is CN1CCCCC12SC(=O)c1ccccc12. The van der Waals surface area contributed by atoms with Crippen molar-refractivity contribution in [1.29, 1.82) is 0 Å². The van der Waals surface area contributed by atoms with Gasteiger partial charge >= 0.3 is 0 Å². The van der Waals surface area contributed by atoms with Crippen molar-refractivity contribution in [3.8, 4) is 0 Å². The van der Waals surface area contributed by atoms with Crippen LogP contribution in [0.1, 0.15) is 35.2 Å². The lowest BCUT2D eigenvalue weighted by atomic mass is 9.92. The Labute approximate surface area is 100 Å². The molecule has 16 heavy (non-hydrogen) atoms. The highest BCUT2D eigenvalue weighted by molar-refractivity contribution is 8.15. The van der Waals surface area contributed by atoms with Crippen molar-refractivity contribution in [3.05, 3.63) is 35.4 Å². The number of hydrogen-bond acceptors (Lipinski definition) is 3. The van der Waals surface area contributed by atoms with Crippen LogP contribution in [0.15, 0.2) is 24.3 Å².